The molecule has 7 heteroatoms. The van der Waals surface area contributed by atoms with Gasteiger partial charge in [-0.2, -0.15) is 5.10 Å². The molecule has 1 aromatic carbocycles. The van der Waals surface area contributed by atoms with E-state index in [1.54, 1.807) is 12.0 Å². The van der Waals surface area contributed by atoms with Gasteiger partial charge in [-0.1, -0.05) is 26.0 Å². The minimum absolute atomic E-state index is 0.106. The van der Waals surface area contributed by atoms with Gasteiger partial charge in [0.1, 0.15) is 17.3 Å². The molecular weight excluding hydrogens is 330 g/mol. The summed E-state index contributed by atoms with van der Waals surface area (Å²) in [7, 11) is 1.65. The highest BCUT2D eigenvalue weighted by Gasteiger charge is 2.29. The van der Waals surface area contributed by atoms with Gasteiger partial charge in [0.25, 0.3) is 0 Å². The molecule has 1 aliphatic rings. The number of amides is 2. The fourth-order valence-corrected chi connectivity index (χ4v) is 3.45. The monoisotopic (exact) mass is 357 g/mol. The molecule has 1 fully saturated rings. The van der Waals surface area contributed by atoms with Crippen LogP contribution >= 0.6 is 0 Å². The lowest BCUT2D eigenvalue weighted by Crippen LogP contribution is -2.42. The third-order valence-corrected chi connectivity index (χ3v) is 4.68. The average molecular weight is 357 g/mol. The average Bonchev–Trinajstić information content (AvgIpc) is 3.04. The Kier molecular flexibility index (Phi) is 5.44. The first-order valence-corrected chi connectivity index (χ1v) is 9.13. The maximum absolute atomic E-state index is 11.6. The van der Waals surface area contributed by atoms with E-state index in [0.717, 1.165) is 42.3 Å². The number of nitrogens with zero attached hydrogens (tertiary/aromatic N) is 4. The molecule has 2 aromatic rings. The smallest absolute Gasteiger partial charge is 0.314 e. The molecule has 1 atom stereocenters. The molecule has 2 heterocycles. The molecule has 0 unspecified atom stereocenters. The quantitative estimate of drug-likeness (QED) is 0.891. The van der Waals surface area contributed by atoms with Crippen LogP contribution in [0.3, 0.4) is 0 Å². The molecule has 140 valence electrons. The highest BCUT2D eigenvalue weighted by atomic mass is 16.5. The van der Waals surface area contributed by atoms with Crippen molar-refractivity contribution >= 4 is 6.03 Å². The minimum Gasteiger partial charge on any atom is -0.494 e. The number of ether oxygens (including phenoxy) is 1. The first-order valence-electron chi connectivity index (χ1n) is 9.13. The van der Waals surface area contributed by atoms with Crippen LogP contribution in [0.1, 0.15) is 44.3 Å². The molecule has 0 radical (unpaired) electrons. The Bertz CT molecular complexity index is 771. The van der Waals surface area contributed by atoms with E-state index >= 15 is 0 Å². The van der Waals surface area contributed by atoms with Crippen LogP contribution in [0.25, 0.3) is 5.69 Å². The van der Waals surface area contributed by atoms with Gasteiger partial charge in [0.15, 0.2) is 5.82 Å². The van der Waals surface area contributed by atoms with Gasteiger partial charge < -0.3 is 15.4 Å². The molecule has 7 nitrogen and oxygen atoms in total. The normalized spacial score (nSPS) is 17.5. The highest BCUT2D eigenvalue weighted by Crippen LogP contribution is 2.30. The number of aromatic nitrogens is 3. The number of piperidine rings is 1. The van der Waals surface area contributed by atoms with Gasteiger partial charge in [-0.25, -0.2) is 14.5 Å². The topological polar surface area (TPSA) is 86.3 Å². The standard InChI is InChI=1S/C19H27N5O2/c1-13(2)11-17-21-18(14-7-6-10-23(12-14)19(20)25)24(22-17)15-8-4-5-9-16(15)26-3/h4-5,8-9,13-14H,6-7,10-12H2,1-3H3,(H2,20,25)/t14-/m1/s1. The van der Waals surface area contributed by atoms with E-state index in [1.165, 1.54) is 0 Å². The lowest BCUT2D eigenvalue weighted by Gasteiger charge is -2.31. The van der Waals surface area contributed by atoms with Gasteiger partial charge in [-0.05, 0) is 30.9 Å². The second kappa shape index (κ2) is 7.76. The number of urea groups is 1. The zero-order valence-electron chi connectivity index (χ0n) is 15.7. The van der Waals surface area contributed by atoms with Gasteiger partial charge in [0.05, 0.1) is 7.11 Å². The lowest BCUT2D eigenvalue weighted by molar-refractivity contribution is 0.187. The van der Waals surface area contributed by atoms with Crippen molar-refractivity contribution in [1.29, 1.82) is 0 Å². The Morgan fingerprint density at radius 3 is 2.85 bits per heavy atom. The number of hydrogen-bond acceptors (Lipinski definition) is 4. The molecule has 26 heavy (non-hydrogen) atoms. The van der Waals surface area contributed by atoms with Crippen LogP contribution in [-0.4, -0.2) is 45.9 Å². The number of benzene rings is 1. The van der Waals surface area contributed by atoms with Crippen LogP contribution in [0.4, 0.5) is 4.79 Å². The number of carbonyl (C=O) groups is 1. The summed E-state index contributed by atoms with van der Waals surface area (Å²) in [5, 5.41) is 4.77. The fraction of sp³-hybridized carbons (Fsp3) is 0.526. The third-order valence-electron chi connectivity index (χ3n) is 4.68. The number of nitrogens with two attached hydrogens (primary N) is 1. The van der Waals surface area contributed by atoms with Gasteiger partial charge in [0.2, 0.25) is 0 Å². The van der Waals surface area contributed by atoms with Crippen LogP contribution in [0, 0.1) is 5.92 Å². The molecule has 1 aromatic heterocycles. The molecule has 2 amide bonds. The molecule has 0 bridgehead atoms. The minimum atomic E-state index is -0.375. The SMILES string of the molecule is COc1ccccc1-n1nc(CC(C)C)nc1[C@@H]1CCCN(C(N)=O)C1. The Morgan fingerprint density at radius 2 is 2.15 bits per heavy atom. The second-order valence-corrected chi connectivity index (χ2v) is 7.19. The van der Waals surface area contributed by atoms with Crippen molar-refractivity contribution in [2.45, 2.75) is 39.0 Å². The van der Waals surface area contributed by atoms with E-state index in [2.05, 4.69) is 13.8 Å². The highest BCUT2D eigenvalue weighted by molar-refractivity contribution is 5.72. The van der Waals surface area contributed by atoms with Crippen LogP contribution in [0.15, 0.2) is 24.3 Å². The van der Waals surface area contributed by atoms with Crippen molar-refractivity contribution in [3.63, 3.8) is 0 Å². The number of hydrogen-bond donors (Lipinski definition) is 1. The van der Waals surface area contributed by atoms with Crippen molar-refractivity contribution in [3.05, 3.63) is 35.9 Å². The second-order valence-electron chi connectivity index (χ2n) is 7.19. The summed E-state index contributed by atoms with van der Waals surface area (Å²) in [4.78, 5) is 18.2. The fourth-order valence-electron chi connectivity index (χ4n) is 3.45. The molecule has 3 rings (SSSR count). The summed E-state index contributed by atoms with van der Waals surface area (Å²) >= 11 is 0. The number of methoxy groups -OCH3 is 1. The molecule has 0 spiro atoms. The van der Waals surface area contributed by atoms with Gasteiger partial charge in [-0.15, -0.1) is 0 Å². The molecular formula is C19H27N5O2. The van der Waals surface area contributed by atoms with Crippen molar-refractivity contribution in [3.8, 4) is 11.4 Å². The predicted octanol–water partition coefficient (Wildman–Crippen LogP) is 2.73. The number of likely N-dealkylation sites (tertiary alicyclic amines) is 1. The van der Waals surface area contributed by atoms with Crippen molar-refractivity contribution in [2.24, 2.45) is 11.7 Å². The van der Waals surface area contributed by atoms with E-state index in [-0.39, 0.29) is 11.9 Å². The van der Waals surface area contributed by atoms with Crippen LogP contribution in [0.5, 0.6) is 5.75 Å². The zero-order chi connectivity index (χ0) is 18.7. The van der Waals surface area contributed by atoms with Crippen LogP contribution < -0.4 is 10.5 Å². The van der Waals surface area contributed by atoms with E-state index in [0.29, 0.717) is 19.0 Å². The molecule has 1 saturated heterocycles. The number of carbonyl (C=O) groups excluding carboxylic acids is 1. The summed E-state index contributed by atoms with van der Waals surface area (Å²) in [5.41, 5.74) is 6.36. The molecule has 1 aliphatic heterocycles. The number of rotatable bonds is 5. The Morgan fingerprint density at radius 1 is 1.38 bits per heavy atom. The Labute approximate surface area is 154 Å². The van der Waals surface area contributed by atoms with E-state index in [1.807, 2.05) is 28.9 Å². The van der Waals surface area contributed by atoms with Crippen molar-refractivity contribution in [2.75, 3.05) is 20.2 Å². The summed E-state index contributed by atoms with van der Waals surface area (Å²) < 4.78 is 7.40. The maximum atomic E-state index is 11.6. The van der Waals surface area contributed by atoms with Crippen LogP contribution in [-0.2, 0) is 6.42 Å². The number of para-hydroxylation sites is 2. The largest absolute Gasteiger partial charge is 0.494 e. The van der Waals surface area contributed by atoms with Crippen LogP contribution in [0.2, 0.25) is 0 Å². The zero-order valence-corrected chi connectivity index (χ0v) is 15.7. The van der Waals surface area contributed by atoms with Gasteiger partial charge in [0, 0.05) is 25.4 Å². The predicted molar refractivity (Wildman–Crippen MR) is 99.6 cm³/mol. The maximum Gasteiger partial charge on any atom is 0.314 e. The summed E-state index contributed by atoms with van der Waals surface area (Å²) in [5.74, 6) is 3.00. The first-order chi connectivity index (χ1) is 12.5. The molecule has 0 aliphatic carbocycles. The lowest BCUT2D eigenvalue weighted by atomic mass is 9.97. The molecule has 2 N–H and O–H groups in total. The number of primary amides is 1. The Hall–Kier alpha value is -2.57. The first kappa shape index (κ1) is 18.2. The van der Waals surface area contributed by atoms with Crippen molar-refractivity contribution in [1.82, 2.24) is 19.7 Å². The Balaban J connectivity index is 2.02. The summed E-state index contributed by atoms with van der Waals surface area (Å²) in [6, 6.07) is 7.41. The van der Waals surface area contributed by atoms with E-state index in [4.69, 9.17) is 20.6 Å². The molecule has 0 saturated carbocycles. The van der Waals surface area contributed by atoms with Gasteiger partial charge >= 0.3 is 6.03 Å². The third kappa shape index (κ3) is 3.81. The summed E-state index contributed by atoms with van der Waals surface area (Å²) in [6.07, 6.45) is 2.67. The van der Waals surface area contributed by atoms with Crippen molar-refractivity contribution < 1.29 is 9.53 Å². The van der Waals surface area contributed by atoms with E-state index < -0.39 is 0 Å². The van der Waals surface area contributed by atoms with Gasteiger partial charge in [-0.3, -0.25) is 0 Å². The van der Waals surface area contributed by atoms with E-state index in [9.17, 15) is 4.79 Å². The summed E-state index contributed by atoms with van der Waals surface area (Å²) in [6.45, 7) is 5.58.